The van der Waals surface area contributed by atoms with Gasteiger partial charge in [0.1, 0.15) is 5.82 Å². The summed E-state index contributed by atoms with van der Waals surface area (Å²) < 4.78 is 10.8. The van der Waals surface area contributed by atoms with Gasteiger partial charge in [0.25, 0.3) is 0 Å². The summed E-state index contributed by atoms with van der Waals surface area (Å²) in [6.07, 6.45) is 6.00. The smallest absolute Gasteiger partial charge is 0.509 e. The number of hydrogen-bond donors (Lipinski definition) is 0. The third kappa shape index (κ3) is 7.06. The Morgan fingerprint density at radius 2 is 1.45 bits per heavy atom. The molecule has 0 atom stereocenters. The third-order valence-electron chi connectivity index (χ3n) is 9.63. The minimum absolute atomic E-state index is 0. The van der Waals surface area contributed by atoms with Crippen molar-refractivity contribution in [3.8, 4) is 34.1 Å². The van der Waals surface area contributed by atoms with Crippen LogP contribution in [0.3, 0.4) is 0 Å². The van der Waals surface area contributed by atoms with Crippen molar-refractivity contribution in [3.05, 3.63) is 132 Å². The van der Waals surface area contributed by atoms with Crippen molar-refractivity contribution in [1.82, 2.24) is 19.3 Å². The third-order valence-corrected chi connectivity index (χ3v) is 9.63. The molecule has 0 aliphatic heterocycles. The SMILES string of the molecule is CC(C)c1ccnc(-n2c3[c-]c(Oc4[c-]c(-n5cc(-c6c(C(C)C)cccc6C(C)C)cn5)cc(C(C)(C)C)c4)ccc3c3ccccc32)c1.[Pt+2]. The Hall–Kier alpha value is -4.47. The van der Waals surface area contributed by atoms with Crippen molar-refractivity contribution < 1.29 is 25.8 Å². The van der Waals surface area contributed by atoms with Crippen LogP contribution < -0.4 is 4.74 Å². The molecule has 0 N–H and O–H groups in total. The average molecular weight is 854 g/mol. The van der Waals surface area contributed by atoms with Crippen molar-refractivity contribution in [2.45, 2.75) is 85.5 Å². The molecule has 0 saturated heterocycles. The summed E-state index contributed by atoms with van der Waals surface area (Å²) in [5.41, 5.74) is 10.1. The number of para-hydroxylation sites is 1. The molecule has 0 aliphatic carbocycles. The summed E-state index contributed by atoms with van der Waals surface area (Å²) in [6, 6.07) is 34.9. The zero-order valence-corrected chi connectivity index (χ0v) is 33.3. The molecule has 0 radical (unpaired) electrons. The van der Waals surface area contributed by atoms with Gasteiger partial charge in [-0.2, -0.15) is 11.2 Å². The fourth-order valence-corrected chi connectivity index (χ4v) is 6.81. The number of ether oxygens (including phenoxy) is 1. The standard InChI is InChI=1S/C45H46N4O.Pt/c1-28(2)31-19-20-46-43(21-31)49-41-16-11-10-13-39(41)40-18-17-35(25-42(40)49)50-36-23-33(45(7,8)9)22-34(24-36)48-27-32(26-47-48)44-37(29(3)4)14-12-15-38(44)30(5)6;/h10-23,26-30H,1-9H3;/q-2;+2. The van der Waals surface area contributed by atoms with Gasteiger partial charge in [0.05, 0.1) is 6.20 Å². The van der Waals surface area contributed by atoms with E-state index in [1.807, 2.05) is 23.1 Å². The number of aromatic nitrogens is 4. The molecular weight excluding hydrogens is 808 g/mol. The quantitative estimate of drug-likeness (QED) is 0.143. The summed E-state index contributed by atoms with van der Waals surface area (Å²) in [5.74, 6) is 3.28. The van der Waals surface area contributed by atoms with Gasteiger partial charge in [-0.3, -0.25) is 4.68 Å². The van der Waals surface area contributed by atoms with Crippen LogP contribution in [0.5, 0.6) is 11.5 Å². The first-order valence-corrected chi connectivity index (χ1v) is 17.7. The predicted octanol–water partition coefficient (Wildman–Crippen LogP) is 12.1. The van der Waals surface area contributed by atoms with Crippen molar-refractivity contribution in [2.75, 3.05) is 0 Å². The molecule has 0 amide bonds. The van der Waals surface area contributed by atoms with Gasteiger partial charge in [-0.1, -0.05) is 104 Å². The normalized spacial score (nSPS) is 12.0. The molecule has 0 saturated carbocycles. The zero-order valence-electron chi connectivity index (χ0n) is 31.0. The Balaban J connectivity index is 0.00000448. The van der Waals surface area contributed by atoms with Crippen LogP contribution in [0.2, 0.25) is 0 Å². The molecule has 0 unspecified atom stereocenters. The Morgan fingerprint density at radius 1 is 0.725 bits per heavy atom. The molecule has 0 spiro atoms. The number of hydrogen-bond acceptors (Lipinski definition) is 3. The summed E-state index contributed by atoms with van der Waals surface area (Å²) in [5, 5.41) is 7.13. The van der Waals surface area contributed by atoms with Crippen molar-refractivity contribution in [1.29, 1.82) is 0 Å². The van der Waals surface area contributed by atoms with Crippen LogP contribution in [0.15, 0.2) is 97.5 Å². The van der Waals surface area contributed by atoms with Gasteiger partial charge in [0.2, 0.25) is 0 Å². The topological polar surface area (TPSA) is 44.9 Å². The molecule has 6 heteroatoms. The molecule has 0 bridgehead atoms. The van der Waals surface area contributed by atoms with Crippen molar-refractivity contribution in [2.24, 2.45) is 0 Å². The van der Waals surface area contributed by atoms with Gasteiger partial charge < -0.3 is 9.30 Å². The number of rotatable bonds is 8. The first kappa shape index (κ1) is 36.3. The van der Waals surface area contributed by atoms with Crippen LogP contribution >= 0.6 is 0 Å². The summed E-state index contributed by atoms with van der Waals surface area (Å²) in [4.78, 5) is 4.80. The fourth-order valence-electron chi connectivity index (χ4n) is 6.81. The fraction of sp³-hybridized carbons (Fsp3) is 0.289. The van der Waals surface area contributed by atoms with E-state index in [4.69, 9.17) is 14.8 Å². The number of fused-ring (bicyclic) bond motifs is 3. The van der Waals surface area contributed by atoms with E-state index in [0.29, 0.717) is 29.3 Å². The Labute approximate surface area is 317 Å². The minimum atomic E-state index is -0.125. The molecule has 262 valence electrons. The molecule has 4 aromatic carbocycles. The number of nitrogens with zero attached hydrogens (tertiary/aromatic N) is 4. The average Bonchev–Trinajstić information content (AvgIpc) is 3.71. The molecule has 7 aromatic rings. The maximum atomic E-state index is 6.64. The summed E-state index contributed by atoms with van der Waals surface area (Å²) in [6.45, 7) is 20.1. The molecule has 7 rings (SSSR count). The Bertz CT molecular complexity index is 2310. The maximum absolute atomic E-state index is 6.64. The summed E-state index contributed by atoms with van der Waals surface area (Å²) >= 11 is 0. The first-order chi connectivity index (χ1) is 23.9. The van der Waals surface area contributed by atoms with E-state index >= 15 is 0 Å². The number of benzene rings is 4. The van der Waals surface area contributed by atoms with Gasteiger partial charge >= 0.3 is 21.1 Å². The van der Waals surface area contributed by atoms with Crippen molar-refractivity contribution >= 4 is 21.8 Å². The molecule has 0 fully saturated rings. The van der Waals surface area contributed by atoms with Gasteiger partial charge in [0.15, 0.2) is 0 Å². The van der Waals surface area contributed by atoms with Gasteiger partial charge in [-0.15, -0.1) is 41.3 Å². The minimum Gasteiger partial charge on any atom is -0.509 e. The largest absolute Gasteiger partial charge is 2.00 e. The maximum Gasteiger partial charge on any atom is 2.00 e. The van der Waals surface area contributed by atoms with Crippen LogP contribution in [0.25, 0.3) is 44.4 Å². The van der Waals surface area contributed by atoms with Crippen LogP contribution in [0.1, 0.15) is 102 Å². The van der Waals surface area contributed by atoms with E-state index in [2.05, 4.69) is 158 Å². The van der Waals surface area contributed by atoms with E-state index in [9.17, 15) is 0 Å². The molecule has 0 aliphatic rings. The Kier molecular flexibility index (Phi) is 10.2. The Morgan fingerprint density at radius 3 is 2.14 bits per heavy atom. The van der Waals surface area contributed by atoms with Crippen LogP contribution in [0.4, 0.5) is 0 Å². The second kappa shape index (κ2) is 14.3. The molecule has 3 aromatic heterocycles. The molecule has 3 heterocycles. The molecule has 5 nitrogen and oxygen atoms in total. The summed E-state index contributed by atoms with van der Waals surface area (Å²) in [7, 11) is 0. The van der Waals surface area contributed by atoms with E-state index in [1.165, 1.54) is 22.3 Å². The van der Waals surface area contributed by atoms with E-state index in [-0.39, 0.29) is 26.5 Å². The second-order valence-electron chi connectivity index (χ2n) is 15.3. The van der Waals surface area contributed by atoms with E-state index in [0.717, 1.165) is 44.4 Å². The van der Waals surface area contributed by atoms with Crippen LogP contribution in [-0.4, -0.2) is 19.3 Å². The van der Waals surface area contributed by atoms with E-state index < -0.39 is 0 Å². The van der Waals surface area contributed by atoms with Crippen LogP contribution in [0, 0.1) is 12.1 Å². The zero-order chi connectivity index (χ0) is 35.3. The molecule has 51 heavy (non-hydrogen) atoms. The van der Waals surface area contributed by atoms with Crippen molar-refractivity contribution in [3.63, 3.8) is 0 Å². The second-order valence-corrected chi connectivity index (χ2v) is 15.3. The number of pyridine rings is 1. The monoisotopic (exact) mass is 853 g/mol. The first-order valence-electron chi connectivity index (χ1n) is 17.7. The van der Waals surface area contributed by atoms with Crippen LogP contribution in [-0.2, 0) is 26.5 Å². The predicted molar refractivity (Wildman–Crippen MR) is 206 cm³/mol. The van der Waals surface area contributed by atoms with E-state index in [1.54, 1.807) is 0 Å². The van der Waals surface area contributed by atoms with Gasteiger partial charge in [0, 0.05) is 35.0 Å². The van der Waals surface area contributed by atoms with Gasteiger partial charge in [-0.25, -0.2) is 4.98 Å². The van der Waals surface area contributed by atoms with Gasteiger partial charge in [-0.05, 0) is 74.7 Å². The molecular formula is C45H46N4OPt.